The molecule has 1 aromatic rings. The van der Waals surface area contributed by atoms with Crippen molar-refractivity contribution in [3.05, 3.63) is 36.9 Å². The van der Waals surface area contributed by atoms with Crippen LogP contribution in [0.2, 0.25) is 0 Å². The molecule has 2 amide bonds. The summed E-state index contributed by atoms with van der Waals surface area (Å²) in [5.74, 6) is -0.189. The topological polar surface area (TPSA) is 75.4 Å². The van der Waals surface area contributed by atoms with Crippen LogP contribution in [0.1, 0.15) is 19.3 Å². The Bertz CT molecular complexity index is 528. The van der Waals surface area contributed by atoms with E-state index in [1.165, 1.54) is 0 Å². The Morgan fingerprint density at radius 1 is 1.50 bits per heavy atom. The van der Waals surface area contributed by atoms with Crippen molar-refractivity contribution in [2.24, 2.45) is 5.73 Å². The highest BCUT2D eigenvalue weighted by Crippen LogP contribution is 2.29. The minimum atomic E-state index is -0.630. The first-order chi connectivity index (χ1) is 9.63. The van der Waals surface area contributed by atoms with Crippen LogP contribution in [-0.2, 0) is 9.59 Å². The smallest absolute Gasteiger partial charge is 0.241 e. The van der Waals surface area contributed by atoms with E-state index in [1.807, 2.05) is 18.2 Å². The largest absolute Gasteiger partial charge is 0.323 e. The number of nitrogens with zero attached hydrogens (tertiary/aromatic N) is 1. The molecule has 3 N–H and O–H groups in total. The summed E-state index contributed by atoms with van der Waals surface area (Å²) in [6, 6.07) is 6.64. The van der Waals surface area contributed by atoms with Gasteiger partial charge >= 0.3 is 0 Å². The van der Waals surface area contributed by atoms with Crippen molar-refractivity contribution in [1.82, 2.24) is 0 Å². The fourth-order valence-electron chi connectivity index (χ4n) is 2.23. The van der Waals surface area contributed by atoms with Gasteiger partial charge in [-0.2, -0.15) is 0 Å². The zero-order chi connectivity index (χ0) is 14.5. The van der Waals surface area contributed by atoms with Crippen LogP contribution in [0.4, 0.5) is 11.4 Å². The molecule has 5 nitrogen and oxygen atoms in total. The van der Waals surface area contributed by atoms with E-state index in [4.69, 9.17) is 5.73 Å². The molecule has 0 spiro atoms. The van der Waals surface area contributed by atoms with Crippen LogP contribution in [-0.4, -0.2) is 24.4 Å². The first-order valence-corrected chi connectivity index (χ1v) is 6.70. The number of nitrogens with one attached hydrogen (secondary N) is 1. The minimum Gasteiger partial charge on any atom is -0.323 e. The summed E-state index contributed by atoms with van der Waals surface area (Å²) >= 11 is 0. The lowest BCUT2D eigenvalue weighted by atomic mass is 10.2. The van der Waals surface area contributed by atoms with Gasteiger partial charge in [-0.1, -0.05) is 18.2 Å². The van der Waals surface area contributed by atoms with Crippen LogP contribution in [0.25, 0.3) is 0 Å². The Morgan fingerprint density at radius 3 is 2.90 bits per heavy atom. The summed E-state index contributed by atoms with van der Waals surface area (Å²) in [4.78, 5) is 25.5. The molecule has 2 rings (SSSR count). The number of rotatable bonds is 5. The SMILES string of the molecule is C=CCC(N)C(=O)Nc1ccccc1N1CCCC1=O. The Labute approximate surface area is 118 Å². The van der Waals surface area contributed by atoms with Crippen molar-refractivity contribution < 1.29 is 9.59 Å². The molecule has 0 aromatic heterocycles. The lowest BCUT2D eigenvalue weighted by Crippen LogP contribution is -2.35. The van der Waals surface area contributed by atoms with E-state index in [0.29, 0.717) is 25.1 Å². The molecule has 106 valence electrons. The normalized spacial score (nSPS) is 16.1. The maximum absolute atomic E-state index is 12.0. The van der Waals surface area contributed by atoms with Gasteiger partial charge in [0.25, 0.3) is 0 Å². The van der Waals surface area contributed by atoms with Crippen LogP contribution < -0.4 is 16.0 Å². The van der Waals surface area contributed by atoms with E-state index in [9.17, 15) is 9.59 Å². The van der Waals surface area contributed by atoms with Gasteiger partial charge < -0.3 is 16.0 Å². The Hall–Kier alpha value is -2.14. The van der Waals surface area contributed by atoms with Gasteiger partial charge in [0, 0.05) is 13.0 Å². The van der Waals surface area contributed by atoms with Crippen molar-refractivity contribution in [1.29, 1.82) is 0 Å². The molecule has 5 heteroatoms. The third kappa shape index (κ3) is 3.05. The second-order valence-corrected chi connectivity index (χ2v) is 4.79. The summed E-state index contributed by atoms with van der Waals surface area (Å²) in [5.41, 5.74) is 7.09. The van der Waals surface area contributed by atoms with E-state index in [0.717, 1.165) is 12.1 Å². The first kappa shape index (κ1) is 14.3. The molecule has 1 unspecified atom stereocenters. The average Bonchev–Trinajstić information content (AvgIpc) is 2.86. The summed E-state index contributed by atoms with van der Waals surface area (Å²) < 4.78 is 0. The molecule has 1 aliphatic heterocycles. The maximum Gasteiger partial charge on any atom is 0.241 e. The van der Waals surface area contributed by atoms with E-state index in [-0.39, 0.29) is 11.8 Å². The number of carbonyl (C=O) groups is 2. The van der Waals surface area contributed by atoms with Gasteiger partial charge in [-0.25, -0.2) is 0 Å². The van der Waals surface area contributed by atoms with Crippen molar-refractivity contribution in [3.63, 3.8) is 0 Å². The van der Waals surface area contributed by atoms with Crippen LogP contribution in [0.5, 0.6) is 0 Å². The lowest BCUT2D eigenvalue weighted by molar-refractivity contribution is -0.118. The van der Waals surface area contributed by atoms with E-state index in [1.54, 1.807) is 17.0 Å². The highest BCUT2D eigenvalue weighted by atomic mass is 16.2. The Balaban J connectivity index is 2.18. The average molecular weight is 273 g/mol. The molecule has 0 radical (unpaired) electrons. The van der Waals surface area contributed by atoms with E-state index >= 15 is 0 Å². The lowest BCUT2D eigenvalue weighted by Gasteiger charge is -2.20. The van der Waals surface area contributed by atoms with Crippen molar-refractivity contribution >= 4 is 23.2 Å². The minimum absolute atomic E-state index is 0.0853. The van der Waals surface area contributed by atoms with Gasteiger partial charge in [-0.15, -0.1) is 6.58 Å². The Kier molecular flexibility index (Phi) is 4.53. The second kappa shape index (κ2) is 6.34. The van der Waals surface area contributed by atoms with Gasteiger partial charge in [0.1, 0.15) is 0 Å². The first-order valence-electron chi connectivity index (χ1n) is 6.70. The maximum atomic E-state index is 12.0. The highest BCUT2D eigenvalue weighted by molar-refractivity contribution is 6.03. The number of hydrogen-bond donors (Lipinski definition) is 2. The number of amides is 2. The molecule has 0 bridgehead atoms. The molecule has 1 heterocycles. The summed E-state index contributed by atoms with van der Waals surface area (Å²) in [5, 5.41) is 2.79. The molecule has 1 aromatic carbocycles. The molecule has 1 aliphatic rings. The zero-order valence-electron chi connectivity index (χ0n) is 11.3. The number of nitrogens with two attached hydrogens (primary N) is 1. The second-order valence-electron chi connectivity index (χ2n) is 4.79. The van der Waals surface area contributed by atoms with Gasteiger partial charge in [0.05, 0.1) is 17.4 Å². The van der Waals surface area contributed by atoms with Crippen molar-refractivity contribution in [2.75, 3.05) is 16.8 Å². The summed E-state index contributed by atoms with van der Waals surface area (Å²) in [6.45, 7) is 4.25. The van der Waals surface area contributed by atoms with Gasteiger partial charge in [-0.3, -0.25) is 9.59 Å². The monoisotopic (exact) mass is 273 g/mol. The molecular weight excluding hydrogens is 254 g/mol. The predicted molar refractivity (Wildman–Crippen MR) is 79.4 cm³/mol. The number of anilines is 2. The highest BCUT2D eigenvalue weighted by Gasteiger charge is 2.24. The number of hydrogen-bond acceptors (Lipinski definition) is 3. The van der Waals surface area contributed by atoms with E-state index in [2.05, 4.69) is 11.9 Å². The van der Waals surface area contributed by atoms with Crippen LogP contribution in [0, 0.1) is 0 Å². The fraction of sp³-hybridized carbons (Fsp3) is 0.333. The summed E-state index contributed by atoms with van der Waals surface area (Å²) in [6.07, 6.45) is 3.42. The molecule has 20 heavy (non-hydrogen) atoms. The number of para-hydroxylation sites is 2. The van der Waals surface area contributed by atoms with Crippen LogP contribution >= 0.6 is 0 Å². The molecule has 1 saturated heterocycles. The van der Waals surface area contributed by atoms with Crippen LogP contribution in [0.3, 0.4) is 0 Å². The number of benzene rings is 1. The number of carbonyl (C=O) groups excluding carboxylic acids is 2. The predicted octanol–water partition coefficient (Wildman–Crippen LogP) is 1.66. The molecule has 1 atom stereocenters. The molecular formula is C15H19N3O2. The Morgan fingerprint density at radius 2 is 2.25 bits per heavy atom. The summed E-state index contributed by atoms with van der Waals surface area (Å²) in [7, 11) is 0. The third-order valence-corrected chi connectivity index (χ3v) is 3.28. The molecule has 1 fully saturated rings. The van der Waals surface area contributed by atoms with E-state index < -0.39 is 6.04 Å². The third-order valence-electron chi connectivity index (χ3n) is 3.28. The fourth-order valence-corrected chi connectivity index (χ4v) is 2.23. The van der Waals surface area contributed by atoms with Gasteiger partial charge in [0.15, 0.2) is 0 Å². The van der Waals surface area contributed by atoms with Crippen molar-refractivity contribution in [3.8, 4) is 0 Å². The van der Waals surface area contributed by atoms with Gasteiger partial charge in [-0.05, 0) is 25.0 Å². The quantitative estimate of drug-likeness (QED) is 0.801. The van der Waals surface area contributed by atoms with Crippen LogP contribution in [0.15, 0.2) is 36.9 Å². The zero-order valence-corrected chi connectivity index (χ0v) is 11.3. The molecule has 0 aliphatic carbocycles. The van der Waals surface area contributed by atoms with Gasteiger partial charge in [0.2, 0.25) is 11.8 Å². The standard InChI is InChI=1S/C15H19N3O2/c1-2-6-11(16)15(20)17-12-7-3-4-8-13(12)18-10-5-9-14(18)19/h2-4,7-8,11H,1,5-6,9-10,16H2,(H,17,20). The molecule has 0 saturated carbocycles. The van der Waals surface area contributed by atoms with Crippen molar-refractivity contribution in [2.45, 2.75) is 25.3 Å².